The molecule has 1 fully saturated rings. The lowest BCUT2D eigenvalue weighted by molar-refractivity contribution is -0.116. The van der Waals surface area contributed by atoms with Gasteiger partial charge in [-0.15, -0.1) is 0 Å². The highest BCUT2D eigenvalue weighted by Gasteiger charge is 2.18. The molecule has 5 nitrogen and oxygen atoms in total. The van der Waals surface area contributed by atoms with Gasteiger partial charge in [-0.05, 0) is 24.6 Å². The zero-order valence-electron chi connectivity index (χ0n) is 11.0. The summed E-state index contributed by atoms with van der Waals surface area (Å²) in [6, 6.07) is 7.45. The minimum Gasteiger partial charge on any atom is -0.492 e. The number of ether oxygens (including phenoxy) is 1. The molecular weight excluding hydrogens is 244 g/mol. The molecule has 0 spiro atoms. The Hall–Kier alpha value is -2.04. The third kappa shape index (κ3) is 3.98. The SMILES string of the molecule is CC(=O)Cc1ccc(OCCN2CCNC2=O)cc1. The van der Waals surface area contributed by atoms with E-state index in [2.05, 4.69) is 5.32 Å². The van der Waals surface area contributed by atoms with Gasteiger partial charge in [-0.1, -0.05) is 12.1 Å². The van der Waals surface area contributed by atoms with E-state index >= 15 is 0 Å². The van der Waals surface area contributed by atoms with Crippen molar-refractivity contribution in [2.24, 2.45) is 0 Å². The molecule has 102 valence electrons. The molecule has 2 rings (SSSR count). The molecular formula is C14H18N2O3. The maximum atomic E-state index is 11.3. The average Bonchev–Trinajstić information content (AvgIpc) is 2.77. The average molecular weight is 262 g/mol. The predicted molar refractivity (Wildman–Crippen MR) is 71.3 cm³/mol. The summed E-state index contributed by atoms with van der Waals surface area (Å²) < 4.78 is 5.57. The Morgan fingerprint density at radius 1 is 1.37 bits per heavy atom. The Bertz CT molecular complexity index is 456. The van der Waals surface area contributed by atoms with Gasteiger partial charge in [0.1, 0.15) is 18.1 Å². The van der Waals surface area contributed by atoms with E-state index in [1.807, 2.05) is 24.3 Å². The first-order valence-electron chi connectivity index (χ1n) is 6.39. The second kappa shape index (κ2) is 6.22. The highest BCUT2D eigenvalue weighted by molar-refractivity contribution is 5.78. The van der Waals surface area contributed by atoms with E-state index in [9.17, 15) is 9.59 Å². The smallest absolute Gasteiger partial charge is 0.317 e. The Morgan fingerprint density at radius 3 is 2.68 bits per heavy atom. The van der Waals surface area contributed by atoms with Crippen LogP contribution in [0.2, 0.25) is 0 Å². The van der Waals surface area contributed by atoms with Crippen LogP contribution in [0.3, 0.4) is 0 Å². The van der Waals surface area contributed by atoms with Gasteiger partial charge in [-0.25, -0.2) is 4.79 Å². The second-order valence-electron chi connectivity index (χ2n) is 4.59. The van der Waals surface area contributed by atoms with Crippen molar-refractivity contribution in [3.8, 4) is 5.75 Å². The fourth-order valence-electron chi connectivity index (χ4n) is 1.99. The van der Waals surface area contributed by atoms with Crippen LogP contribution in [0, 0.1) is 0 Å². The molecule has 1 saturated heterocycles. The van der Waals surface area contributed by atoms with Gasteiger partial charge in [-0.3, -0.25) is 4.79 Å². The minimum absolute atomic E-state index is 0.0274. The van der Waals surface area contributed by atoms with Crippen molar-refractivity contribution in [3.05, 3.63) is 29.8 Å². The van der Waals surface area contributed by atoms with Gasteiger partial charge in [0.05, 0.1) is 6.54 Å². The lowest BCUT2D eigenvalue weighted by Gasteiger charge is -2.14. The molecule has 1 N–H and O–H groups in total. The zero-order chi connectivity index (χ0) is 13.7. The number of amides is 2. The number of urea groups is 1. The molecule has 0 bridgehead atoms. The van der Waals surface area contributed by atoms with Crippen molar-refractivity contribution in [2.45, 2.75) is 13.3 Å². The van der Waals surface area contributed by atoms with Crippen molar-refractivity contribution in [3.63, 3.8) is 0 Å². The number of ketones is 1. The summed E-state index contributed by atoms with van der Waals surface area (Å²) in [7, 11) is 0. The molecule has 0 radical (unpaired) electrons. The standard InChI is InChI=1S/C14H18N2O3/c1-11(17)10-12-2-4-13(5-3-12)19-9-8-16-7-6-15-14(16)18/h2-5H,6-10H2,1H3,(H,15,18). The van der Waals surface area contributed by atoms with Crippen LogP contribution in [0.15, 0.2) is 24.3 Å². The van der Waals surface area contributed by atoms with Gasteiger partial charge in [0.25, 0.3) is 0 Å². The number of hydrogen-bond acceptors (Lipinski definition) is 3. The molecule has 5 heteroatoms. The van der Waals surface area contributed by atoms with Crippen molar-refractivity contribution < 1.29 is 14.3 Å². The monoisotopic (exact) mass is 262 g/mol. The van der Waals surface area contributed by atoms with E-state index in [-0.39, 0.29) is 11.8 Å². The molecule has 0 saturated carbocycles. The van der Waals surface area contributed by atoms with Crippen molar-refractivity contribution in [1.29, 1.82) is 0 Å². The van der Waals surface area contributed by atoms with Gasteiger partial charge in [0.15, 0.2) is 0 Å². The Balaban J connectivity index is 1.76. The van der Waals surface area contributed by atoms with E-state index < -0.39 is 0 Å². The molecule has 0 aliphatic carbocycles. The van der Waals surface area contributed by atoms with E-state index in [1.165, 1.54) is 0 Å². The van der Waals surface area contributed by atoms with E-state index in [1.54, 1.807) is 11.8 Å². The number of carbonyl (C=O) groups is 2. The molecule has 0 aromatic heterocycles. The molecule has 1 aliphatic heterocycles. The van der Waals surface area contributed by atoms with Gasteiger partial charge in [-0.2, -0.15) is 0 Å². The van der Waals surface area contributed by atoms with E-state index in [0.717, 1.165) is 17.9 Å². The summed E-state index contributed by atoms with van der Waals surface area (Å²) in [4.78, 5) is 24.0. The fraction of sp³-hybridized carbons (Fsp3) is 0.429. The molecule has 2 amide bonds. The topological polar surface area (TPSA) is 58.6 Å². The van der Waals surface area contributed by atoms with Crippen LogP contribution in [0.25, 0.3) is 0 Å². The van der Waals surface area contributed by atoms with Crippen LogP contribution in [-0.4, -0.2) is 43.0 Å². The summed E-state index contributed by atoms with van der Waals surface area (Å²) in [5, 5.41) is 2.74. The molecule has 1 aliphatic rings. The lowest BCUT2D eigenvalue weighted by Crippen LogP contribution is -2.31. The fourth-order valence-corrected chi connectivity index (χ4v) is 1.99. The summed E-state index contributed by atoms with van der Waals surface area (Å²) >= 11 is 0. The Morgan fingerprint density at radius 2 is 2.11 bits per heavy atom. The van der Waals surface area contributed by atoms with Gasteiger partial charge in [0, 0.05) is 19.5 Å². The van der Waals surface area contributed by atoms with Crippen LogP contribution in [0.5, 0.6) is 5.75 Å². The van der Waals surface area contributed by atoms with Crippen molar-refractivity contribution >= 4 is 11.8 Å². The highest BCUT2D eigenvalue weighted by Crippen LogP contribution is 2.13. The van der Waals surface area contributed by atoms with Crippen LogP contribution < -0.4 is 10.1 Å². The van der Waals surface area contributed by atoms with Crippen LogP contribution in [0.1, 0.15) is 12.5 Å². The van der Waals surface area contributed by atoms with Crippen molar-refractivity contribution in [1.82, 2.24) is 10.2 Å². The third-order valence-electron chi connectivity index (χ3n) is 2.95. The summed E-state index contributed by atoms with van der Waals surface area (Å²) in [5.74, 6) is 0.903. The first kappa shape index (κ1) is 13.4. The van der Waals surface area contributed by atoms with E-state index in [4.69, 9.17) is 4.74 Å². The molecule has 1 heterocycles. The number of nitrogens with zero attached hydrogens (tertiary/aromatic N) is 1. The first-order valence-corrected chi connectivity index (χ1v) is 6.39. The summed E-state index contributed by atoms with van der Waals surface area (Å²) in [5.41, 5.74) is 0.985. The van der Waals surface area contributed by atoms with Gasteiger partial charge >= 0.3 is 6.03 Å². The van der Waals surface area contributed by atoms with Gasteiger partial charge in [0.2, 0.25) is 0 Å². The zero-order valence-corrected chi connectivity index (χ0v) is 11.0. The number of benzene rings is 1. The normalized spacial score (nSPS) is 14.4. The van der Waals surface area contributed by atoms with Crippen LogP contribution >= 0.6 is 0 Å². The Labute approximate surface area is 112 Å². The number of carbonyl (C=O) groups excluding carboxylic acids is 2. The van der Waals surface area contributed by atoms with Crippen LogP contribution in [0.4, 0.5) is 4.79 Å². The summed E-state index contributed by atoms with van der Waals surface area (Å²) in [6.45, 7) is 4.07. The Kier molecular flexibility index (Phi) is 4.39. The maximum absolute atomic E-state index is 11.3. The number of hydrogen-bond donors (Lipinski definition) is 1. The number of nitrogens with one attached hydrogen (secondary N) is 1. The molecule has 1 aromatic carbocycles. The van der Waals surface area contributed by atoms with Crippen LogP contribution in [-0.2, 0) is 11.2 Å². The molecule has 0 unspecified atom stereocenters. The van der Waals surface area contributed by atoms with Gasteiger partial charge < -0.3 is 15.0 Å². The third-order valence-corrected chi connectivity index (χ3v) is 2.95. The molecule has 0 atom stereocenters. The number of rotatable bonds is 6. The molecule has 19 heavy (non-hydrogen) atoms. The summed E-state index contributed by atoms with van der Waals surface area (Å²) in [6.07, 6.45) is 0.453. The highest BCUT2D eigenvalue weighted by atomic mass is 16.5. The minimum atomic E-state index is -0.0274. The lowest BCUT2D eigenvalue weighted by atomic mass is 10.1. The van der Waals surface area contributed by atoms with E-state index in [0.29, 0.717) is 26.1 Å². The maximum Gasteiger partial charge on any atom is 0.317 e. The second-order valence-corrected chi connectivity index (χ2v) is 4.59. The predicted octanol–water partition coefficient (Wildman–Crippen LogP) is 1.22. The molecule has 1 aromatic rings. The number of Topliss-reactive ketones (excluding diaryl/α,β-unsaturated/α-hetero) is 1. The first-order chi connectivity index (χ1) is 9.15. The quantitative estimate of drug-likeness (QED) is 0.838. The largest absolute Gasteiger partial charge is 0.492 e. The van der Waals surface area contributed by atoms with Crippen molar-refractivity contribution in [2.75, 3.05) is 26.2 Å².